The number of piperazine rings is 1. The highest BCUT2D eigenvalue weighted by Crippen LogP contribution is 2.24. The van der Waals surface area contributed by atoms with Gasteiger partial charge in [0.2, 0.25) is 0 Å². The first-order valence-corrected chi connectivity index (χ1v) is 8.02. The summed E-state index contributed by atoms with van der Waals surface area (Å²) in [6.07, 6.45) is 5.76. The molecular weight excluding hydrogens is 238 g/mol. The van der Waals surface area contributed by atoms with E-state index >= 15 is 0 Å². The molecule has 0 bridgehead atoms. The Hall–Kier alpha value is -0.160. The van der Waals surface area contributed by atoms with E-state index in [1.165, 1.54) is 51.9 Å². The Morgan fingerprint density at radius 3 is 2.42 bits per heavy atom. The second kappa shape index (κ2) is 8.20. The third-order valence-corrected chi connectivity index (χ3v) is 4.59. The Morgan fingerprint density at radius 1 is 1.16 bits per heavy atom. The van der Waals surface area contributed by atoms with Gasteiger partial charge in [-0.1, -0.05) is 19.8 Å². The fraction of sp³-hybridized carbons (Fsp3) is 1.00. The molecule has 0 aromatic carbocycles. The van der Waals surface area contributed by atoms with Crippen LogP contribution in [0.4, 0.5) is 0 Å². The van der Waals surface area contributed by atoms with Crippen LogP contribution in [-0.2, 0) is 4.74 Å². The van der Waals surface area contributed by atoms with Crippen molar-refractivity contribution in [2.24, 2.45) is 0 Å². The lowest BCUT2D eigenvalue weighted by Crippen LogP contribution is -2.53. The van der Waals surface area contributed by atoms with Gasteiger partial charge >= 0.3 is 0 Å². The van der Waals surface area contributed by atoms with Crippen LogP contribution in [0, 0.1) is 0 Å². The number of likely N-dealkylation sites (N-methyl/N-ethyl adjacent to an activating group) is 1. The van der Waals surface area contributed by atoms with Crippen molar-refractivity contribution < 1.29 is 4.74 Å². The van der Waals surface area contributed by atoms with Crippen LogP contribution in [0.1, 0.15) is 32.6 Å². The van der Waals surface area contributed by atoms with Crippen molar-refractivity contribution in [1.82, 2.24) is 15.1 Å². The third-order valence-electron chi connectivity index (χ3n) is 4.59. The van der Waals surface area contributed by atoms with Crippen molar-refractivity contribution in [1.29, 1.82) is 0 Å². The van der Waals surface area contributed by atoms with Gasteiger partial charge in [-0.2, -0.15) is 0 Å². The molecule has 2 rings (SSSR count). The summed E-state index contributed by atoms with van der Waals surface area (Å²) in [4.78, 5) is 5.32. The van der Waals surface area contributed by atoms with Crippen molar-refractivity contribution in [2.75, 3.05) is 53.0 Å². The van der Waals surface area contributed by atoms with Gasteiger partial charge in [0.15, 0.2) is 0 Å². The van der Waals surface area contributed by atoms with Crippen LogP contribution in [0.5, 0.6) is 0 Å². The molecule has 1 aliphatic heterocycles. The van der Waals surface area contributed by atoms with E-state index in [9.17, 15) is 0 Å². The van der Waals surface area contributed by atoms with Crippen molar-refractivity contribution >= 4 is 0 Å². The Labute approximate surface area is 118 Å². The van der Waals surface area contributed by atoms with E-state index in [1.807, 2.05) is 0 Å². The highest BCUT2D eigenvalue weighted by molar-refractivity contribution is 4.83. The molecule has 0 radical (unpaired) electrons. The number of hydrogen-bond acceptors (Lipinski definition) is 4. The van der Waals surface area contributed by atoms with Gasteiger partial charge in [-0.3, -0.25) is 9.80 Å². The predicted molar refractivity (Wildman–Crippen MR) is 79.6 cm³/mol. The summed E-state index contributed by atoms with van der Waals surface area (Å²) in [5, 5.41) is 3.52. The maximum atomic E-state index is 5.30. The minimum Gasteiger partial charge on any atom is -0.383 e. The molecule has 1 saturated heterocycles. The minimum absolute atomic E-state index is 0.480. The van der Waals surface area contributed by atoms with E-state index in [1.54, 1.807) is 7.11 Å². The second-order valence-electron chi connectivity index (χ2n) is 5.98. The van der Waals surface area contributed by atoms with Gasteiger partial charge in [0.25, 0.3) is 0 Å². The summed E-state index contributed by atoms with van der Waals surface area (Å²) >= 11 is 0. The van der Waals surface area contributed by atoms with Gasteiger partial charge in [0, 0.05) is 51.9 Å². The van der Waals surface area contributed by atoms with Crippen molar-refractivity contribution in [3.05, 3.63) is 0 Å². The molecule has 1 aliphatic carbocycles. The molecule has 1 N–H and O–H groups in total. The van der Waals surface area contributed by atoms with E-state index in [2.05, 4.69) is 22.0 Å². The van der Waals surface area contributed by atoms with Crippen LogP contribution in [-0.4, -0.2) is 74.9 Å². The van der Waals surface area contributed by atoms with Crippen LogP contribution in [0.15, 0.2) is 0 Å². The molecular formula is C15H31N3O. The van der Waals surface area contributed by atoms with Crippen molar-refractivity contribution in [2.45, 2.75) is 44.7 Å². The summed E-state index contributed by atoms with van der Waals surface area (Å²) in [6, 6.07) is 1.37. The topological polar surface area (TPSA) is 27.7 Å². The number of nitrogens with one attached hydrogen (secondary N) is 1. The van der Waals surface area contributed by atoms with E-state index in [0.717, 1.165) is 25.7 Å². The van der Waals surface area contributed by atoms with Crippen molar-refractivity contribution in [3.63, 3.8) is 0 Å². The molecule has 19 heavy (non-hydrogen) atoms. The van der Waals surface area contributed by atoms with Crippen LogP contribution in [0.2, 0.25) is 0 Å². The van der Waals surface area contributed by atoms with Gasteiger partial charge in [-0.05, 0) is 19.4 Å². The zero-order valence-corrected chi connectivity index (χ0v) is 12.7. The predicted octanol–water partition coefficient (Wildman–Crippen LogP) is 1.17. The Balaban J connectivity index is 1.69. The lowest BCUT2D eigenvalue weighted by Gasteiger charge is -2.39. The highest BCUT2D eigenvalue weighted by Gasteiger charge is 2.26. The molecule has 0 amide bonds. The van der Waals surface area contributed by atoms with E-state index in [4.69, 9.17) is 4.74 Å². The van der Waals surface area contributed by atoms with Gasteiger partial charge in [0.05, 0.1) is 6.61 Å². The molecule has 4 heteroatoms. The summed E-state index contributed by atoms with van der Waals surface area (Å²) in [5.41, 5.74) is 0. The summed E-state index contributed by atoms with van der Waals surface area (Å²) < 4.78 is 5.30. The molecule has 2 fully saturated rings. The first-order valence-electron chi connectivity index (χ1n) is 8.02. The number of methoxy groups -OCH3 is 1. The smallest absolute Gasteiger partial charge is 0.0628 e. The molecule has 4 nitrogen and oxygen atoms in total. The number of ether oxygens (including phenoxy) is 1. The van der Waals surface area contributed by atoms with Crippen LogP contribution >= 0.6 is 0 Å². The monoisotopic (exact) mass is 269 g/mol. The second-order valence-corrected chi connectivity index (χ2v) is 5.98. The fourth-order valence-electron chi connectivity index (χ4n) is 3.56. The Bertz CT molecular complexity index is 230. The van der Waals surface area contributed by atoms with Gasteiger partial charge in [0.1, 0.15) is 0 Å². The van der Waals surface area contributed by atoms with Crippen LogP contribution < -0.4 is 5.32 Å². The highest BCUT2D eigenvalue weighted by atomic mass is 16.5. The maximum absolute atomic E-state index is 5.30. The number of nitrogens with zero attached hydrogens (tertiary/aromatic N) is 2. The maximum Gasteiger partial charge on any atom is 0.0628 e. The van der Waals surface area contributed by atoms with Crippen LogP contribution in [0.25, 0.3) is 0 Å². The molecule has 0 spiro atoms. The molecule has 1 heterocycles. The standard InChI is InChI=1S/C15H31N3O/c1-3-16-14(13-19-2)12-17-8-10-18(11-9-17)15-6-4-5-7-15/h14-16H,3-13H2,1-2H3. The van der Waals surface area contributed by atoms with Crippen LogP contribution in [0.3, 0.4) is 0 Å². The molecule has 0 aromatic rings. The minimum atomic E-state index is 0.480. The fourth-order valence-corrected chi connectivity index (χ4v) is 3.56. The zero-order valence-electron chi connectivity index (χ0n) is 12.7. The first kappa shape index (κ1) is 15.2. The molecule has 1 saturated carbocycles. The molecule has 2 aliphatic rings. The summed E-state index contributed by atoms with van der Waals surface area (Å²) in [5.74, 6) is 0. The largest absolute Gasteiger partial charge is 0.383 e. The molecule has 1 unspecified atom stereocenters. The molecule has 112 valence electrons. The summed E-state index contributed by atoms with van der Waals surface area (Å²) in [6.45, 7) is 10.1. The number of rotatable bonds is 7. The van der Waals surface area contributed by atoms with E-state index < -0.39 is 0 Å². The van der Waals surface area contributed by atoms with Gasteiger partial charge in [-0.15, -0.1) is 0 Å². The molecule has 0 aromatic heterocycles. The Morgan fingerprint density at radius 2 is 1.84 bits per heavy atom. The Kier molecular flexibility index (Phi) is 6.57. The van der Waals surface area contributed by atoms with E-state index in [0.29, 0.717) is 6.04 Å². The lowest BCUT2D eigenvalue weighted by molar-refractivity contribution is 0.0779. The number of hydrogen-bond donors (Lipinski definition) is 1. The third kappa shape index (κ3) is 4.71. The SMILES string of the molecule is CCNC(COC)CN1CCN(C2CCCC2)CC1. The average molecular weight is 269 g/mol. The average Bonchev–Trinajstić information content (AvgIpc) is 2.94. The summed E-state index contributed by atoms with van der Waals surface area (Å²) in [7, 11) is 1.79. The quantitative estimate of drug-likeness (QED) is 0.751. The molecule has 1 atom stereocenters. The zero-order chi connectivity index (χ0) is 13.5. The van der Waals surface area contributed by atoms with Gasteiger partial charge in [-0.25, -0.2) is 0 Å². The first-order chi connectivity index (χ1) is 9.33. The van der Waals surface area contributed by atoms with E-state index in [-0.39, 0.29) is 0 Å². The van der Waals surface area contributed by atoms with Crippen molar-refractivity contribution in [3.8, 4) is 0 Å². The lowest BCUT2D eigenvalue weighted by atomic mass is 10.1. The normalized spacial score (nSPS) is 24.9. The van der Waals surface area contributed by atoms with Gasteiger partial charge < -0.3 is 10.1 Å².